The van der Waals surface area contributed by atoms with Crippen molar-refractivity contribution in [2.75, 3.05) is 5.32 Å². The largest absolute Gasteiger partial charge is 0.353 e. The number of nitriles is 1. The molecule has 0 atom stereocenters. The van der Waals surface area contributed by atoms with Crippen molar-refractivity contribution in [2.24, 2.45) is 0 Å². The molecule has 0 aliphatic rings. The summed E-state index contributed by atoms with van der Waals surface area (Å²) < 4.78 is 54.7. The first-order chi connectivity index (χ1) is 12.5. The molecular weight excluding hydrogens is 348 g/mol. The number of H-pyrrole nitrogens is 1. The molecule has 4 nitrogen and oxygen atoms in total. The van der Waals surface area contributed by atoms with Gasteiger partial charge >= 0.3 is 0 Å². The van der Waals surface area contributed by atoms with Crippen LogP contribution in [0.5, 0.6) is 0 Å². The number of aromatic nitrogens is 2. The van der Waals surface area contributed by atoms with Gasteiger partial charge in [0.15, 0.2) is 11.6 Å². The zero-order valence-corrected chi connectivity index (χ0v) is 12.9. The Kier molecular flexibility index (Phi) is 3.51. The van der Waals surface area contributed by atoms with Crippen molar-refractivity contribution in [3.8, 4) is 6.07 Å². The highest BCUT2D eigenvalue weighted by molar-refractivity contribution is 6.14. The normalized spacial score (nSPS) is 11.0. The van der Waals surface area contributed by atoms with Crippen LogP contribution in [0.1, 0.15) is 5.56 Å². The Bertz CT molecular complexity index is 1200. The highest BCUT2D eigenvalue weighted by Gasteiger charge is 2.18. The molecule has 0 saturated carbocycles. The molecule has 0 bridgehead atoms. The second-order valence-corrected chi connectivity index (χ2v) is 5.57. The number of nitrogens with one attached hydrogen (secondary N) is 2. The molecule has 2 aromatic carbocycles. The maximum absolute atomic E-state index is 14.0. The lowest BCUT2D eigenvalue weighted by atomic mass is 10.1. The number of aromatic amines is 1. The van der Waals surface area contributed by atoms with Crippen LogP contribution in [-0.4, -0.2) is 9.97 Å². The van der Waals surface area contributed by atoms with Gasteiger partial charge in [-0.3, -0.25) is 0 Å². The average Bonchev–Trinajstić information content (AvgIpc) is 2.97. The van der Waals surface area contributed by atoms with E-state index in [1.54, 1.807) is 0 Å². The molecule has 2 heterocycles. The topological polar surface area (TPSA) is 64.5 Å². The molecular formula is C18H8F4N4. The minimum absolute atomic E-state index is 0.000239. The van der Waals surface area contributed by atoms with Crippen LogP contribution < -0.4 is 5.32 Å². The third kappa shape index (κ3) is 2.41. The predicted octanol–water partition coefficient (Wildman–Crippen LogP) is 4.89. The molecule has 128 valence electrons. The van der Waals surface area contributed by atoms with E-state index in [-0.39, 0.29) is 11.4 Å². The first kappa shape index (κ1) is 15.9. The molecule has 0 aliphatic carbocycles. The quantitative estimate of drug-likeness (QED) is 0.503. The van der Waals surface area contributed by atoms with Crippen LogP contribution in [-0.2, 0) is 0 Å². The van der Waals surface area contributed by atoms with Gasteiger partial charge < -0.3 is 10.3 Å². The van der Waals surface area contributed by atoms with Gasteiger partial charge in [0.1, 0.15) is 29.2 Å². The number of nitrogens with zero attached hydrogens (tertiary/aromatic N) is 2. The van der Waals surface area contributed by atoms with E-state index in [2.05, 4.69) is 15.3 Å². The highest BCUT2D eigenvalue weighted by Crippen LogP contribution is 2.35. The van der Waals surface area contributed by atoms with Crippen molar-refractivity contribution < 1.29 is 17.6 Å². The van der Waals surface area contributed by atoms with E-state index in [1.165, 1.54) is 24.4 Å². The summed E-state index contributed by atoms with van der Waals surface area (Å²) in [5, 5.41) is 12.4. The second kappa shape index (κ2) is 5.74. The van der Waals surface area contributed by atoms with E-state index < -0.39 is 29.0 Å². The van der Waals surface area contributed by atoms with Gasteiger partial charge in [-0.1, -0.05) is 0 Å². The smallest absolute Gasteiger partial charge is 0.152 e. The Hall–Kier alpha value is -3.60. The first-order valence-corrected chi connectivity index (χ1v) is 7.39. The summed E-state index contributed by atoms with van der Waals surface area (Å²) >= 11 is 0. The van der Waals surface area contributed by atoms with Gasteiger partial charge in [0.25, 0.3) is 0 Å². The SMILES string of the molecule is N#Cc1cnc(Nc2c(F)cc(F)cc2F)c2c1[nH]c1ccc(F)cc12. The van der Waals surface area contributed by atoms with Crippen LogP contribution in [0.15, 0.2) is 36.5 Å². The Morgan fingerprint density at radius 3 is 2.42 bits per heavy atom. The number of hydrogen-bond donors (Lipinski definition) is 2. The molecule has 0 saturated heterocycles. The fourth-order valence-electron chi connectivity index (χ4n) is 2.83. The van der Waals surface area contributed by atoms with Crippen LogP contribution >= 0.6 is 0 Å². The molecule has 0 aliphatic heterocycles. The van der Waals surface area contributed by atoms with Crippen molar-refractivity contribution >= 4 is 33.3 Å². The van der Waals surface area contributed by atoms with Gasteiger partial charge in [-0.2, -0.15) is 5.26 Å². The number of rotatable bonds is 2. The molecule has 4 aromatic rings. The minimum atomic E-state index is -1.15. The summed E-state index contributed by atoms with van der Waals surface area (Å²) in [5.41, 5.74) is 0.445. The van der Waals surface area contributed by atoms with E-state index in [0.717, 1.165) is 0 Å². The molecule has 26 heavy (non-hydrogen) atoms. The Labute approximate surface area is 143 Å². The third-order valence-corrected chi connectivity index (χ3v) is 3.96. The van der Waals surface area contributed by atoms with Crippen LogP contribution in [0.25, 0.3) is 21.8 Å². The van der Waals surface area contributed by atoms with Crippen molar-refractivity contribution in [1.82, 2.24) is 9.97 Å². The van der Waals surface area contributed by atoms with Gasteiger partial charge in [0.2, 0.25) is 0 Å². The van der Waals surface area contributed by atoms with Crippen molar-refractivity contribution in [3.05, 3.63) is 65.4 Å². The molecule has 2 aromatic heterocycles. The van der Waals surface area contributed by atoms with E-state index >= 15 is 0 Å². The summed E-state index contributed by atoms with van der Waals surface area (Å²) in [5.74, 6) is -3.87. The zero-order valence-electron chi connectivity index (χ0n) is 12.9. The van der Waals surface area contributed by atoms with E-state index in [1.807, 2.05) is 6.07 Å². The van der Waals surface area contributed by atoms with Crippen molar-refractivity contribution in [3.63, 3.8) is 0 Å². The monoisotopic (exact) mass is 356 g/mol. The number of benzene rings is 2. The third-order valence-electron chi connectivity index (χ3n) is 3.96. The van der Waals surface area contributed by atoms with E-state index in [4.69, 9.17) is 0 Å². The van der Waals surface area contributed by atoms with Gasteiger partial charge in [-0.25, -0.2) is 22.5 Å². The molecule has 8 heteroatoms. The van der Waals surface area contributed by atoms with Crippen molar-refractivity contribution in [2.45, 2.75) is 0 Å². The summed E-state index contributed by atoms with van der Waals surface area (Å²) in [6.45, 7) is 0. The maximum atomic E-state index is 14.0. The van der Waals surface area contributed by atoms with Gasteiger partial charge in [0, 0.05) is 29.2 Å². The predicted molar refractivity (Wildman–Crippen MR) is 87.9 cm³/mol. The Balaban J connectivity index is 2.01. The summed E-state index contributed by atoms with van der Waals surface area (Å²) in [7, 11) is 0. The molecule has 0 fully saturated rings. The summed E-state index contributed by atoms with van der Waals surface area (Å²) in [4.78, 5) is 7.00. The van der Waals surface area contributed by atoms with Gasteiger partial charge in [0.05, 0.1) is 16.5 Å². The van der Waals surface area contributed by atoms with Crippen molar-refractivity contribution in [1.29, 1.82) is 5.26 Å². The van der Waals surface area contributed by atoms with Crippen LogP contribution in [0.2, 0.25) is 0 Å². The number of pyridine rings is 1. The zero-order chi connectivity index (χ0) is 18.4. The van der Waals surface area contributed by atoms with Gasteiger partial charge in [-0.05, 0) is 18.2 Å². The first-order valence-electron chi connectivity index (χ1n) is 7.39. The van der Waals surface area contributed by atoms with Gasteiger partial charge in [-0.15, -0.1) is 0 Å². The maximum Gasteiger partial charge on any atom is 0.152 e. The lowest BCUT2D eigenvalue weighted by molar-refractivity contribution is 0.549. The summed E-state index contributed by atoms with van der Waals surface area (Å²) in [6, 6.07) is 6.95. The second-order valence-electron chi connectivity index (χ2n) is 5.57. The summed E-state index contributed by atoms with van der Waals surface area (Å²) in [6.07, 6.45) is 1.22. The standard InChI is InChI=1S/C18H8F4N4/c19-9-1-2-14-11(3-9)15-16(25-14)8(6-23)7-24-18(15)26-17-12(21)4-10(20)5-13(17)22/h1-5,7,25H,(H,24,26). The van der Waals surface area contributed by atoms with Crippen LogP contribution in [0.3, 0.4) is 0 Å². The lowest BCUT2D eigenvalue weighted by Crippen LogP contribution is -2.01. The minimum Gasteiger partial charge on any atom is -0.353 e. The molecule has 0 unspecified atom stereocenters. The molecule has 2 N–H and O–H groups in total. The lowest BCUT2D eigenvalue weighted by Gasteiger charge is -2.10. The molecule has 0 spiro atoms. The average molecular weight is 356 g/mol. The molecule has 0 radical (unpaired) electrons. The Morgan fingerprint density at radius 2 is 1.73 bits per heavy atom. The molecule has 4 rings (SSSR count). The number of hydrogen-bond acceptors (Lipinski definition) is 3. The number of halogens is 4. The molecule has 0 amide bonds. The fourth-order valence-corrected chi connectivity index (χ4v) is 2.83. The number of fused-ring (bicyclic) bond motifs is 3. The van der Waals surface area contributed by atoms with Crippen LogP contribution in [0, 0.1) is 34.6 Å². The number of anilines is 2. The Morgan fingerprint density at radius 1 is 1.00 bits per heavy atom. The van der Waals surface area contributed by atoms with E-state index in [0.29, 0.717) is 33.9 Å². The van der Waals surface area contributed by atoms with E-state index in [9.17, 15) is 22.8 Å². The van der Waals surface area contributed by atoms with Crippen LogP contribution in [0.4, 0.5) is 29.1 Å². The fraction of sp³-hybridized carbons (Fsp3) is 0. The highest BCUT2D eigenvalue weighted by atomic mass is 19.1.